The predicted octanol–water partition coefficient (Wildman–Crippen LogP) is 4.67. The van der Waals surface area contributed by atoms with Crippen LogP contribution in [0.4, 0.5) is 0 Å². The lowest BCUT2D eigenvalue weighted by Crippen LogP contribution is -2.49. The SMILES string of the molecule is O=C1NCCNC(=O)[C@H](Cc2ccccc2)NCc2cccc(c2)CNC(Cc2ccccc2)C(=O)NCCNC(=O)[C@H](Cc2ccccc2)NCc2cccc(c2)CNC1Cc1ccccc1. The molecular formula is C56H64N8O4. The Morgan fingerprint density at radius 3 is 0.735 bits per heavy atom. The predicted molar refractivity (Wildman–Crippen MR) is 268 cm³/mol. The number of amides is 4. The zero-order chi connectivity index (χ0) is 47.2. The number of fused-ring (bicyclic) bond motifs is 4. The molecule has 12 nitrogen and oxygen atoms in total. The summed E-state index contributed by atoms with van der Waals surface area (Å²) in [6, 6.07) is 53.7. The quantitative estimate of drug-likeness (QED) is 0.109. The molecule has 6 aromatic carbocycles. The largest absolute Gasteiger partial charge is 0.353 e. The highest BCUT2D eigenvalue weighted by atomic mass is 16.2. The van der Waals surface area contributed by atoms with Crippen LogP contribution in [0.2, 0.25) is 0 Å². The lowest BCUT2D eigenvalue weighted by molar-refractivity contribution is -0.125. The van der Waals surface area contributed by atoms with Crippen LogP contribution < -0.4 is 42.5 Å². The normalized spacial score (nSPS) is 19.9. The summed E-state index contributed by atoms with van der Waals surface area (Å²) in [5, 5.41) is 26.2. The Labute approximate surface area is 400 Å². The molecule has 6 aromatic rings. The molecule has 2 unspecified atom stereocenters. The van der Waals surface area contributed by atoms with E-state index in [9.17, 15) is 19.2 Å². The fraction of sp³-hybridized carbons (Fsp3) is 0.286. The molecule has 1 aliphatic heterocycles. The Kier molecular flexibility index (Phi) is 19.0. The fourth-order valence-corrected chi connectivity index (χ4v) is 8.33. The van der Waals surface area contributed by atoms with Crippen LogP contribution in [0.25, 0.3) is 0 Å². The molecule has 0 fully saturated rings. The van der Waals surface area contributed by atoms with Crippen molar-refractivity contribution < 1.29 is 19.2 Å². The summed E-state index contributed by atoms with van der Waals surface area (Å²) in [5.41, 5.74) is 8.07. The fourth-order valence-electron chi connectivity index (χ4n) is 8.33. The van der Waals surface area contributed by atoms with E-state index < -0.39 is 24.2 Å². The first-order valence-electron chi connectivity index (χ1n) is 23.7. The van der Waals surface area contributed by atoms with Crippen molar-refractivity contribution in [2.45, 2.75) is 76.0 Å². The molecular weight excluding hydrogens is 849 g/mol. The van der Waals surface area contributed by atoms with E-state index in [1.807, 2.05) is 158 Å². The second-order valence-electron chi connectivity index (χ2n) is 17.3. The zero-order valence-corrected chi connectivity index (χ0v) is 38.6. The van der Waals surface area contributed by atoms with Gasteiger partial charge in [-0.05, 0) is 70.2 Å². The second-order valence-corrected chi connectivity index (χ2v) is 17.3. The molecule has 12 heteroatoms. The van der Waals surface area contributed by atoms with Gasteiger partial charge in [0.25, 0.3) is 0 Å². The Balaban J connectivity index is 1.09. The smallest absolute Gasteiger partial charge is 0.237 e. The molecule has 0 radical (unpaired) electrons. The maximum atomic E-state index is 13.8. The summed E-state index contributed by atoms with van der Waals surface area (Å²) >= 11 is 0. The molecule has 1 heterocycles. The van der Waals surface area contributed by atoms with Crippen molar-refractivity contribution in [2.75, 3.05) is 26.2 Å². The molecule has 0 spiro atoms. The van der Waals surface area contributed by atoms with Crippen molar-refractivity contribution >= 4 is 23.6 Å². The van der Waals surface area contributed by atoms with E-state index in [1.165, 1.54) is 0 Å². The van der Waals surface area contributed by atoms with Crippen molar-refractivity contribution in [3.8, 4) is 0 Å². The summed E-state index contributed by atoms with van der Waals surface area (Å²) in [6.45, 7) is 2.78. The zero-order valence-electron chi connectivity index (χ0n) is 38.6. The van der Waals surface area contributed by atoms with Crippen molar-refractivity contribution in [3.05, 3.63) is 214 Å². The van der Waals surface area contributed by atoms with Gasteiger partial charge < -0.3 is 42.5 Å². The summed E-state index contributed by atoms with van der Waals surface area (Å²) < 4.78 is 0. The Morgan fingerprint density at radius 2 is 0.515 bits per heavy atom. The van der Waals surface area contributed by atoms with E-state index in [1.54, 1.807) is 0 Å². The monoisotopic (exact) mass is 913 g/mol. The topological polar surface area (TPSA) is 165 Å². The van der Waals surface area contributed by atoms with Gasteiger partial charge in [-0.2, -0.15) is 0 Å². The lowest BCUT2D eigenvalue weighted by atomic mass is 10.0. The summed E-state index contributed by atoms with van der Waals surface area (Å²) in [7, 11) is 0. The van der Waals surface area contributed by atoms with Gasteiger partial charge in [0, 0.05) is 52.4 Å². The summed E-state index contributed by atoms with van der Waals surface area (Å²) in [5.74, 6) is -0.631. The Morgan fingerprint density at radius 1 is 0.294 bits per heavy atom. The molecule has 68 heavy (non-hydrogen) atoms. The minimum absolute atomic E-state index is 0.158. The standard InChI is InChI=1S/C56H64N8O4/c65-53-49(33-41-15-5-1-6-16-41)61-37-45-23-13-24-46(31-45)38-62-51(35-43-19-9-3-10-20-43)55(67)59-29-30-60-56(68)52(36-44-21-11-4-12-22-44)64-40-48-26-14-25-47(32-48)39-63-50(54(66)58-28-27-57-53)34-42-17-7-2-8-18-42/h1-26,31-32,49-52,61-64H,27-30,33-40H2,(H,57,65)(H,58,66)(H,59,67)(H,60,68)/t49-,50?,51?,52-/m0/s1. The minimum atomic E-state index is -0.535. The number of carbonyl (C=O) groups is 4. The van der Waals surface area contributed by atoms with Gasteiger partial charge >= 0.3 is 0 Å². The van der Waals surface area contributed by atoms with Crippen molar-refractivity contribution in [1.29, 1.82) is 0 Å². The number of carbonyl (C=O) groups excluding carboxylic acids is 4. The van der Waals surface area contributed by atoms with E-state index >= 15 is 0 Å². The first kappa shape index (κ1) is 49.0. The van der Waals surface area contributed by atoms with Gasteiger partial charge in [0.15, 0.2) is 0 Å². The van der Waals surface area contributed by atoms with Gasteiger partial charge in [-0.1, -0.05) is 170 Å². The van der Waals surface area contributed by atoms with Crippen LogP contribution in [-0.4, -0.2) is 74.0 Å². The summed E-state index contributed by atoms with van der Waals surface area (Å²) in [4.78, 5) is 55.3. The highest BCUT2D eigenvalue weighted by Crippen LogP contribution is 2.13. The van der Waals surface area contributed by atoms with E-state index in [0.29, 0.717) is 51.9 Å². The molecule has 352 valence electrons. The average molecular weight is 913 g/mol. The molecule has 4 atom stereocenters. The molecule has 0 aliphatic carbocycles. The number of benzene rings is 6. The molecule has 4 amide bonds. The summed E-state index contributed by atoms with van der Waals surface area (Å²) in [6.07, 6.45) is 1.92. The van der Waals surface area contributed by atoms with Gasteiger partial charge in [-0.25, -0.2) is 0 Å². The van der Waals surface area contributed by atoms with Gasteiger partial charge in [-0.3, -0.25) is 19.2 Å². The molecule has 0 saturated carbocycles. The Hall–Kier alpha value is -6.96. The first-order chi connectivity index (χ1) is 33.3. The van der Waals surface area contributed by atoms with Gasteiger partial charge in [0.2, 0.25) is 23.6 Å². The van der Waals surface area contributed by atoms with Crippen LogP contribution >= 0.6 is 0 Å². The van der Waals surface area contributed by atoms with E-state index in [4.69, 9.17) is 0 Å². The number of rotatable bonds is 8. The Bertz CT molecular complexity index is 2150. The van der Waals surface area contributed by atoms with Crippen molar-refractivity contribution in [3.63, 3.8) is 0 Å². The number of hydrogen-bond donors (Lipinski definition) is 8. The van der Waals surface area contributed by atoms with Gasteiger partial charge in [0.1, 0.15) is 0 Å². The molecule has 8 N–H and O–H groups in total. The lowest BCUT2D eigenvalue weighted by Gasteiger charge is -2.22. The maximum absolute atomic E-state index is 13.8. The van der Waals surface area contributed by atoms with Crippen LogP contribution in [-0.2, 0) is 71.0 Å². The van der Waals surface area contributed by atoms with Crippen molar-refractivity contribution in [1.82, 2.24) is 42.5 Å². The van der Waals surface area contributed by atoms with Crippen LogP contribution in [0.15, 0.2) is 170 Å². The third-order valence-electron chi connectivity index (χ3n) is 12.0. The third-order valence-corrected chi connectivity index (χ3v) is 12.0. The highest BCUT2D eigenvalue weighted by Gasteiger charge is 2.23. The number of nitrogens with one attached hydrogen (secondary N) is 8. The molecule has 0 saturated heterocycles. The van der Waals surface area contributed by atoms with Crippen LogP contribution in [0, 0.1) is 0 Å². The van der Waals surface area contributed by atoms with Crippen LogP contribution in [0.3, 0.4) is 0 Å². The van der Waals surface area contributed by atoms with Crippen LogP contribution in [0.1, 0.15) is 44.5 Å². The number of hydrogen-bond acceptors (Lipinski definition) is 8. The highest BCUT2D eigenvalue weighted by molar-refractivity contribution is 5.84. The van der Waals surface area contributed by atoms with Gasteiger partial charge in [0.05, 0.1) is 24.2 Å². The van der Waals surface area contributed by atoms with E-state index in [-0.39, 0.29) is 49.8 Å². The second kappa shape index (κ2) is 26.4. The van der Waals surface area contributed by atoms with Crippen molar-refractivity contribution in [2.24, 2.45) is 0 Å². The first-order valence-corrected chi connectivity index (χ1v) is 23.7. The molecule has 4 bridgehead atoms. The maximum Gasteiger partial charge on any atom is 0.237 e. The molecule has 1 aliphatic rings. The minimum Gasteiger partial charge on any atom is -0.353 e. The van der Waals surface area contributed by atoms with Crippen LogP contribution in [0.5, 0.6) is 0 Å². The third kappa shape index (κ3) is 16.1. The molecule has 7 rings (SSSR count). The van der Waals surface area contributed by atoms with E-state index in [0.717, 1.165) is 44.5 Å². The van der Waals surface area contributed by atoms with E-state index in [2.05, 4.69) is 54.7 Å². The average Bonchev–Trinajstić information content (AvgIpc) is 3.37. The molecule has 0 aromatic heterocycles. The van der Waals surface area contributed by atoms with Gasteiger partial charge in [-0.15, -0.1) is 0 Å².